The van der Waals surface area contributed by atoms with Gasteiger partial charge in [-0.25, -0.2) is 0 Å². The minimum atomic E-state index is -0.411. The highest BCUT2D eigenvalue weighted by atomic mass is 79.9. The quantitative estimate of drug-likeness (QED) is 0.869. The molecule has 0 aliphatic carbocycles. The van der Waals surface area contributed by atoms with Crippen LogP contribution >= 0.6 is 27.3 Å². The molecular formula is C11H11BrN2OS. The number of thiophene rings is 1. The van der Waals surface area contributed by atoms with Crippen LogP contribution in [0.1, 0.15) is 18.9 Å². The molecule has 0 aliphatic heterocycles. The van der Waals surface area contributed by atoms with Crippen LogP contribution < -0.4 is 5.32 Å². The first-order chi connectivity index (χ1) is 7.65. The van der Waals surface area contributed by atoms with Gasteiger partial charge in [0.1, 0.15) is 6.04 Å². The average Bonchev–Trinajstić information content (AvgIpc) is 2.69. The van der Waals surface area contributed by atoms with Crippen molar-refractivity contribution in [2.45, 2.75) is 19.4 Å². The van der Waals surface area contributed by atoms with Crippen LogP contribution in [-0.4, -0.2) is 11.9 Å². The smallest absolute Gasteiger partial charge is 0.245 e. The molecule has 1 rings (SSSR count). The van der Waals surface area contributed by atoms with Gasteiger partial charge in [-0.3, -0.25) is 4.79 Å². The lowest BCUT2D eigenvalue weighted by molar-refractivity contribution is -0.116. The molecule has 1 aromatic heterocycles. The lowest BCUT2D eigenvalue weighted by Crippen LogP contribution is -2.31. The summed E-state index contributed by atoms with van der Waals surface area (Å²) in [6, 6.07) is 3.53. The molecule has 1 amide bonds. The van der Waals surface area contributed by atoms with Gasteiger partial charge in [-0.05, 0) is 45.4 Å². The highest BCUT2D eigenvalue weighted by molar-refractivity contribution is 9.11. The molecule has 1 atom stereocenters. The second kappa shape index (κ2) is 6.46. The average molecular weight is 299 g/mol. The highest BCUT2D eigenvalue weighted by Gasteiger charge is 2.05. The van der Waals surface area contributed by atoms with Gasteiger partial charge in [0.05, 0.1) is 9.86 Å². The molecule has 3 nitrogen and oxygen atoms in total. The van der Waals surface area contributed by atoms with Crippen molar-refractivity contribution in [3.05, 3.63) is 26.9 Å². The first-order valence-electron chi connectivity index (χ1n) is 4.78. The number of carbonyl (C=O) groups is 1. The van der Waals surface area contributed by atoms with E-state index in [0.717, 1.165) is 9.35 Å². The minimum absolute atomic E-state index is 0.240. The Balaban J connectivity index is 2.52. The van der Waals surface area contributed by atoms with E-state index in [0.29, 0.717) is 6.42 Å². The molecule has 0 aromatic carbocycles. The molecule has 0 radical (unpaired) electrons. The van der Waals surface area contributed by atoms with E-state index in [9.17, 15) is 4.79 Å². The third-order valence-electron chi connectivity index (χ3n) is 1.90. The number of nitriles is 1. The Morgan fingerprint density at radius 1 is 1.81 bits per heavy atom. The Morgan fingerprint density at radius 3 is 3.06 bits per heavy atom. The highest BCUT2D eigenvalue weighted by Crippen LogP contribution is 2.21. The van der Waals surface area contributed by atoms with E-state index in [4.69, 9.17) is 5.26 Å². The van der Waals surface area contributed by atoms with Crippen molar-refractivity contribution in [3.8, 4) is 6.07 Å². The summed E-state index contributed by atoms with van der Waals surface area (Å²) < 4.78 is 1.02. The predicted octanol–water partition coefficient (Wildman–Crippen LogP) is 2.94. The maximum absolute atomic E-state index is 11.4. The third-order valence-corrected chi connectivity index (χ3v) is 3.42. The summed E-state index contributed by atoms with van der Waals surface area (Å²) in [6.45, 7) is 1.86. The first kappa shape index (κ1) is 12.9. The van der Waals surface area contributed by atoms with Crippen molar-refractivity contribution in [1.82, 2.24) is 5.32 Å². The zero-order valence-corrected chi connectivity index (χ0v) is 11.1. The number of nitrogens with one attached hydrogen (secondary N) is 1. The molecular weight excluding hydrogens is 288 g/mol. The summed E-state index contributed by atoms with van der Waals surface area (Å²) >= 11 is 4.90. The Hall–Kier alpha value is -1.12. The monoisotopic (exact) mass is 298 g/mol. The molecule has 16 heavy (non-hydrogen) atoms. The van der Waals surface area contributed by atoms with Crippen LogP contribution in [0.2, 0.25) is 0 Å². The van der Waals surface area contributed by atoms with Gasteiger partial charge in [0.25, 0.3) is 0 Å². The van der Waals surface area contributed by atoms with Gasteiger partial charge in [-0.2, -0.15) is 5.26 Å². The number of halogens is 1. The van der Waals surface area contributed by atoms with E-state index in [1.54, 1.807) is 17.4 Å². The van der Waals surface area contributed by atoms with Gasteiger partial charge in [0.2, 0.25) is 5.91 Å². The van der Waals surface area contributed by atoms with Gasteiger partial charge in [0.15, 0.2) is 0 Å². The van der Waals surface area contributed by atoms with Crippen molar-refractivity contribution in [3.63, 3.8) is 0 Å². The number of amides is 1. The summed E-state index contributed by atoms with van der Waals surface area (Å²) in [4.78, 5) is 11.4. The van der Waals surface area contributed by atoms with E-state index in [2.05, 4.69) is 21.2 Å². The van der Waals surface area contributed by atoms with Crippen LogP contribution in [0.4, 0.5) is 0 Å². The zero-order valence-electron chi connectivity index (χ0n) is 8.74. The van der Waals surface area contributed by atoms with Crippen molar-refractivity contribution in [2.75, 3.05) is 0 Å². The number of carbonyl (C=O) groups excluding carboxylic acids is 1. The molecule has 0 saturated heterocycles. The first-order valence-corrected chi connectivity index (χ1v) is 6.45. The van der Waals surface area contributed by atoms with Crippen molar-refractivity contribution < 1.29 is 4.79 Å². The van der Waals surface area contributed by atoms with Crippen LogP contribution in [0.25, 0.3) is 6.08 Å². The van der Waals surface area contributed by atoms with E-state index >= 15 is 0 Å². The fourth-order valence-electron chi connectivity index (χ4n) is 1.03. The topological polar surface area (TPSA) is 52.9 Å². The van der Waals surface area contributed by atoms with Gasteiger partial charge < -0.3 is 5.32 Å². The van der Waals surface area contributed by atoms with E-state index < -0.39 is 6.04 Å². The summed E-state index contributed by atoms with van der Waals surface area (Å²) in [5.74, 6) is -0.240. The molecule has 1 aromatic rings. The van der Waals surface area contributed by atoms with Crippen molar-refractivity contribution in [1.29, 1.82) is 5.26 Å². The predicted molar refractivity (Wildman–Crippen MR) is 68.9 cm³/mol. The van der Waals surface area contributed by atoms with Gasteiger partial charge >= 0.3 is 0 Å². The van der Waals surface area contributed by atoms with E-state index in [1.807, 2.05) is 24.4 Å². The Bertz CT molecular complexity index is 433. The molecule has 5 heteroatoms. The standard InChI is InChI=1S/C11H11BrN2OS/c1-2-9(6-13)14-11(15)4-3-8-5-10(12)16-7-8/h3-5,7,9H,2H2,1H3,(H,14,15). The fourth-order valence-corrected chi connectivity index (χ4v) is 2.17. The number of hydrogen-bond donors (Lipinski definition) is 1. The van der Waals surface area contributed by atoms with Crippen LogP contribution in [0.5, 0.6) is 0 Å². The molecule has 0 aliphatic rings. The van der Waals surface area contributed by atoms with E-state index in [1.165, 1.54) is 6.08 Å². The third kappa shape index (κ3) is 4.17. The molecule has 1 unspecified atom stereocenters. The molecule has 0 bridgehead atoms. The zero-order chi connectivity index (χ0) is 12.0. The van der Waals surface area contributed by atoms with Crippen LogP contribution in [0, 0.1) is 11.3 Å². The lowest BCUT2D eigenvalue weighted by atomic mass is 10.2. The van der Waals surface area contributed by atoms with Gasteiger partial charge in [-0.15, -0.1) is 11.3 Å². The van der Waals surface area contributed by atoms with Crippen molar-refractivity contribution in [2.24, 2.45) is 0 Å². The van der Waals surface area contributed by atoms with Crippen molar-refractivity contribution >= 4 is 39.2 Å². The fraction of sp³-hybridized carbons (Fsp3) is 0.273. The van der Waals surface area contributed by atoms with Crippen LogP contribution in [0.15, 0.2) is 21.3 Å². The summed E-state index contributed by atoms with van der Waals surface area (Å²) in [6.07, 6.45) is 3.77. The maximum Gasteiger partial charge on any atom is 0.245 e. The number of nitrogens with zero attached hydrogens (tertiary/aromatic N) is 1. The SMILES string of the molecule is CCC(C#N)NC(=O)C=Cc1csc(Br)c1. The van der Waals surface area contributed by atoms with Gasteiger partial charge in [0, 0.05) is 6.08 Å². The maximum atomic E-state index is 11.4. The summed E-state index contributed by atoms with van der Waals surface area (Å²) in [5, 5.41) is 13.2. The molecule has 1 N–H and O–H groups in total. The molecule has 0 fully saturated rings. The largest absolute Gasteiger partial charge is 0.337 e. The van der Waals surface area contributed by atoms with Crippen LogP contribution in [0.3, 0.4) is 0 Å². The second-order valence-corrected chi connectivity index (χ2v) is 5.41. The molecule has 1 heterocycles. The second-order valence-electron chi connectivity index (χ2n) is 3.12. The summed E-state index contributed by atoms with van der Waals surface area (Å²) in [7, 11) is 0. The number of hydrogen-bond acceptors (Lipinski definition) is 3. The molecule has 84 valence electrons. The number of rotatable bonds is 4. The van der Waals surface area contributed by atoms with Gasteiger partial charge in [-0.1, -0.05) is 6.92 Å². The summed E-state index contributed by atoms with van der Waals surface area (Å²) in [5.41, 5.74) is 0.969. The Labute approximate surface area is 107 Å². The molecule has 0 saturated carbocycles. The Kier molecular flexibility index (Phi) is 5.23. The van der Waals surface area contributed by atoms with Crippen LogP contribution in [-0.2, 0) is 4.79 Å². The lowest BCUT2D eigenvalue weighted by Gasteiger charge is -2.05. The van der Waals surface area contributed by atoms with E-state index in [-0.39, 0.29) is 5.91 Å². The molecule has 0 spiro atoms. The normalized spacial score (nSPS) is 12.3. The Morgan fingerprint density at radius 2 is 2.56 bits per heavy atom. The minimum Gasteiger partial charge on any atom is -0.337 e.